The van der Waals surface area contributed by atoms with Crippen LogP contribution in [0.3, 0.4) is 0 Å². The number of amides is 2. The van der Waals surface area contributed by atoms with Gasteiger partial charge in [0.2, 0.25) is 29.7 Å². The van der Waals surface area contributed by atoms with Crippen LogP contribution in [-0.4, -0.2) is 170 Å². The Bertz CT molecular complexity index is 2300. The third-order valence-corrected chi connectivity index (χ3v) is 13.2. The normalized spacial score (nSPS) is 16.7. The van der Waals surface area contributed by atoms with Crippen molar-refractivity contribution in [1.29, 1.82) is 0 Å². The van der Waals surface area contributed by atoms with E-state index in [1.54, 1.807) is 27.7 Å². The van der Waals surface area contributed by atoms with Gasteiger partial charge in [-0.05, 0) is 48.3 Å². The number of ether oxygens (including phenoxy) is 3. The largest absolute Gasteiger partial charge is 0.508 e. The van der Waals surface area contributed by atoms with Gasteiger partial charge in [-0.3, -0.25) is 9.59 Å². The maximum absolute atomic E-state index is 14.4. The number of nitrogens with zero attached hydrogens (tertiary/aromatic N) is 13. The minimum atomic E-state index is -0.567. The molecule has 72 heavy (non-hydrogen) atoms. The first-order chi connectivity index (χ1) is 34.3. The molecule has 396 valence electrons. The number of hydrogen-bond acceptors (Lipinski definition) is 18. The lowest BCUT2D eigenvalue weighted by Crippen LogP contribution is -2.52. The summed E-state index contributed by atoms with van der Waals surface area (Å²) in [5.74, 6) is 4.35. The summed E-state index contributed by atoms with van der Waals surface area (Å²) in [5, 5.41) is 30.6. The average molecular weight is 1020 g/mol. The Kier molecular flexibility index (Phi) is 22.7. The molecule has 2 amide bonds. The molecule has 2 saturated heterocycles. The number of carbonyl (C=O) groups excluding carboxylic acids is 2. The molecule has 1 aromatic carbocycles. The van der Waals surface area contributed by atoms with Crippen LogP contribution in [0.5, 0.6) is 5.75 Å². The minimum Gasteiger partial charge on any atom is -0.508 e. The Morgan fingerprint density at radius 3 is 1.65 bits per heavy atom. The van der Waals surface area contributed by atoms with Crippen molar-refractivity contribution < 1.29 is 28.9 Å². The van der Waals surface area contributed by atoms with Gasteiger partial charge in [0.25, 0.3) is 0 Å². The molecule has 0 unspecified atom stereocenters. The number of rotatable bonds is 27. The SMILES string of the molecule is C#CCOCCOCCOCCNc1nc(N2CCN(C(=O)[C@H]([C@@H](C)CC)n3cc([C@@H](N)Cc4ccc(O)cc4)nn3)CC2)nc(N2CCN(C(=O)[C@H]([C@@H](C)CC)n3cc([C@@H](N)CC(C)C)nn3)CC2)n1.Cl. The Hall–Kier alpha value is -5.70. The average Bonchev–Trinajstić information content (AvgIpc) is 4.08. The quantitative estimate of drug-likeness (QED) is 0.0493. The van der Waals surface area contributed by atoms with Gasteiger partial charge in [-0.2, -0.15) is 15.0 Å². The van der Waals surface area contributed by atoms with E-state index < -0.39 is 18.1 Å². The molecule has 0 saturated carbocycles. The van der Waals surface area contributed by atoms with Crippen molar-refractivity contribution >= 4 is 42.1 Å². The zero-order chi connectivity index (χ0) is 50.9. The predicted molar refractivity (Wildman–Crippen MR) is 277 cm³/mol. The number of nitrogens with one attached hydrogen (secondary N) is 1. The number of aromatic hydroxyl groups is 1. The molecule has 2 fully saturated rings. The molecule has 0 radical (unpaired) electrons. The van der Waals surface area contributed by atoms with Gasteiger partial charge in [-0.15, -0.1) is 29.0 Å². The molecule has 0 bridgehead atoms. The Morgan fingerprint density at radius 2 is 1.18 bits per heavy atom. The van der Waals surface area contributed by atoms with Gasteiger partial charge < -0.3 is 55.7 Å². The second kappa shape index (κ2) is 28.5. The standard InChI is InChI=1S/C49H76N16O6.ClH/c1-8-24-69-26-28-71-29-27-70-25-15-52-47-53-48(62-20-16-60(17-21-62)45(67)43(35(6)9-2)64-32-41(56-58-64)39(50)30-34(4)5)55-49(54-47)63-22-18-61(19-23-63)46(68)44(36(7)10-3)65-33-42(57-59-65)40(51)31-37-11-13-38(66)14-12-37;/h1,11-14,32-36,39-40,43-44,66H,9-10,15-31,50-51H2,2-7H3,(H,52,53,54,55);1H/t35-,36-,39-,40-,43-,44-;/m0./s1. The Balaban J connectivity index is 0.00000963. The summed E-state index contributed by atoms with van der Waals surface area (Å²) in [4.78, 5) is 51.3. The highest BCUT2D eigenvalue weighted by molar-refractivity contribution is 5.85. The molecule has 23 heteroatoms. The summed E-state index contributed by atoms with van der Waals surface area (Å²) in [5.41, 5.74) is 15.2. The molecule has 2 aliphatic rings. The van der Waals surface area contributed by atoms with Crippen LogP contribution in [-0.2, 0) is 30.2 Å². The fourth-order valence-electron chi connectivity index (χ4n) is 8.64. The minimum absolute atomic E-state index is 0. The lowest BCUT2D eigenvalue weighted by molar-refractivity contribution is -0.137. The summed E-state index contributed by atoms with van der Waals surface area (Å²) in [6.07, 6.45) is 11.7. The van der Waals surface area contributed by atoms with Crippen molar-refractivity contribution in [2.45, 2.75) is 91.4 Å². The second-order valence-corrected chi connectivity index (χ2v) is 18.9. The van der Waals surface area contributed by atoms with E-state index in [0.29, 0.717) is 134 Å². The summed E-state index contributed by atoms with van der Waals surface area (Å²) >= 11 is 0. The molecule has 0 spiro atoms. The van der Waals surface area contributed by atoms with Gasteiger partial charge >= 0.3 is 0 Å². The van der Waals surface area contributed by atoms with E-state index in [9.17, 15) is 14.7 Å². The van der Waals surface area contributed by atoms with Crippen LogP contribution >= 0.6 is 12.4 Å². The van der Waals surface area contributed by atoms with Gasteiger partial charge in [-0.1, -0.05) is 82.9 Å². The first kappa shape index (κ1) is 57.2. The van der Waals surface area contributed by atoms with Crippen LogP contribution in [0.25, 0.3) is 0 Å². The van der Waals surface area contributed by atoms with Crippen LogP contribution in [0.4, 0.5) is 17.8 Å². The zero-order valence-corrected chi connectivity index (χ0v) is 43.7. The molecule has 2 aliphatic heterocycles. The van der Waals surface area contributed by atoms with E-state index in [4.69, 9.17) is 47.1 Å². The van der Waals surface area contributed by atoms with Crippen LogP contribution in [0.2, 0.25) is 0 Å². The van der Waals surface area contributed by atoms with Crippen molar-refractivity contribution in [2.75, 3.05) is 114 Å². The van der Waals surface area contributed by atoms with E-state index in [2.05, 4.69) is 76.3 Å². The number of nitrogens with two attached hydrogens (primary N) is 2. The lowest BCUT2D eigenvalue weighted by Gasteiger charge is -2.38. The van der Waals surface area contributed by atoms with Crippen molar-refractivity contribution in [3.8, 4) is 18.1 Å². The topological polar surface area (TPSA) is 259 Å². The van der Waals surface area contributed by atoms with E-state index in [0.717, 1.165) is 24.8 Å². The molecule has 3 aromatic heterocycles. The smallest absolute Gasteiger partial charge is 0.247 e. The molecule has 0 aliphatic carbocycles. The summed E-state index contributed by atoms with van der Waals surface area (Å²) in [6, 6.07) is 5.14. The third-order valence-electron chi connectivity index (χ3n) is 13.2. The number of hydrogen-bond donors (Lipinski definition) is 4. The van der Waals surface area contributed by atoms with Crippen molar-refractivity contribution in [1.82, 2.24) is 54.7 Å². The highest BCUT2D eigenvalue weighted by Crippen LogP contribution is 2.29. The van der Waals surface area contributed by atoms with Crippen molar-refractivity contribution in [2.24, 2.45) is 29.2 Å². The Morgan fingerprint density at radius 1 is 0.708 bits per heavy atom. The molecule has 6 N–H and O–H groups in total. The highest BCUT2D eigenvalue weighted by atomic mass is 35.5. The third kappa shape index (κ3) is 15.9. The molecule has 4 aromatic rings. The van der Waals surface area contributed by atoms with Crippen LogP contribution in [0.15, 0.2) is 36.7 Å². The monoisotopic (exact) mass is 1020 g/mol. The predicted octanol–water partition coefficient (Wildman–Crippen LogP) is 3.44. The number of anilines is 3. The van der Waals surface area contributed by atoms with E-state index >= 15 is 0 Å². The maximum atomic E-state index is 14.4. The fraction of sp³-hybridized carbons (Fsp3) is 0.653. The number of phenolic OH excluding ortho intramolecular Hbond substituents is 1. The van der Waals surface area contributed by atoms with Crippen LogP contribution in [0, 0.1) is 30.1 Å². The number of carbonyl (C=O) groups is 2. The van der Waals surface area contributed by atoms with Gasteiger partial charge in [0.15, 0.2) is 0 Å². The number of piperazine rings is 2. The molecule has 5 heterocycles. The Labute approximate surface area is 430 Å². The van der Waals surface area contributed by atoms with Gasteiger partial charge in [-0.25, -0.2) is 9.36 Å². The molecule has 22 nitrogen and oxygen atoms in total. The van der Waals surface area contributed by atoms with Crippen LogP contribution < -0.4 is 26.6 Å². The van der Waals surface area contributed by atoms with Gasteiger partial charge in [0.1, 0.15) is 24.4 Å². The van der Waals surface area contributed by atoms with Crippen LogP contribution in [0.1, 0.15) is 102 Å². The van der Waals surface area contributed by atoms with Gasteiger partial charge in [0.05, 0.1) is 68.9 Å². The lowest BCUT2D eigenvalue weighted by atomic mass is 9.97. The van der Waals surface area contributed by atoms with Gasteiger partial charge in [0, 0.05) is 58.9 Å². The van der Waals surface area contributed by atoms with E-state index in [1.807, 2.05) is 35.1 Å². The number of terminal acetylenes is 1. The van der Waals surface area contributed by atoms with Crippen molar-refractivity contribution in [3.63, 3.8) is 0 Å². The first-order valence-electron chi connectivity index (χ1n) is 25.2. The molecular weight excluding hydrogens is 944 g/mol. The molecule has 6 atom stereocenters. The van der Waals surface area contributed by atoms with Crippen molar-refractivity contribution in [3.05, 3.63) is 53.6 Å². The number of benzene rings is 1. The number of halogens is 1. The number of phenols is 1. The maximum Gasteiger partial charge on any atom is 0.247 e. The van der Waals surface area contributed by atoms with E-state index in [1.165, 1.54) is 0 Å². The fourth-order valence-corrected chi connectivity index (χ4v) is 8.64. The zero-order valence-electron chi connectivity index (χ0n) is 42.9. The van der Waals surface area contributed by atoms with E-state index in [-0.39, 0.29) is 54.5 Å². The summed E-state index contributed by atoms with van der Waals surface area (Å²) in [7, 11) is 0. The summed E-state index contributed by atoms with van der Waals surface area (Å²) < 4.78 is 19.9. The number of aromatic nitrogens is 9. The molecule has 6 rings (SSSR count). The summed E-state index contributed by atoms with van der Waals surface area (Å²) in [6.45, 7) is 19.1. The highest BCUT2D eigenvalue weighted by Gasteiger charge is 2.36. The molecular formula is C49H77ClN16O6. The first-order valence-corrected chi connectivity index (χ1v) is 25.2. The second-order valence-electron chi connectivity index (χ2n) is 18.9.